The van der Waals surface area contributed by atoms with E-state index in [1.807, 2.05) is 38.1 Å². The first-order chi connectivity index (χ1) is 16.8. The van der Waals surface area contributed by atoms with E-state index in [4.69, 9.17) is 9.47 Å². The second-order valence-corrected chi connectivity index (χ2v) is 11.8. The van der Waals surface area contributed by atoms with Gasteiger partial charge in [-0.2, -0.15) is 4.31 Å². The standard InChI is InChI=1S/C27H34N2O5S/c1-3-33-26-16-22-14-18(2)34-25(22)17-24(26)28-27(30)20-10-12-29(13-11-20)35(31,32)23-9-8-19-6-4-5-7-21(19)15-23/h8-9,15-18,20H,3-7,10-14H2,1-2H3,(H,28,30)/t18-/m0/s1. The fraction of sp³-hybridized carbons (Fsp3) is 0.519. The van der Waals surface area contributed by atoms with E-state index in [2.05, 4.69) is 5.32 Å². The molecular formula is C27H34N2O5S. The van der Waals surface area contributed by atoms with Crippen LogP contribution < -0.4 is 14.8 Å². The average molecular weight is 499 g/mol. The van der Waals surface area contributed by atoms with Crippen LogP contribution in [0.1, 0.15) is 56.2 Å². The number of nitrogens with one attached hydrogen (secondary N) is 1. The second-order valence-electron chi connectivity index (χ2n) is 9.83. The number of amides is 1. The molecule has 8 heteroatoms. The molecule has 0 unspecified atom stereocenters. The van der Waals surface area contributed by atoms with Crippen LogP contribution in [0, 0.1) is 5.92 Å². The molecule has 0 radical (unpaired) electrons. The highest BCUT2D eigenvalue weighted by Crippen LogP contribution is 2.38. The van der Waals surface area contributed by atoms with E-state index in [0.29, 0.717) is 48.9 Å². The molecular weight excluding hydrogens is 464 g/mol. The average Bonchev–Trinajstić information content (AvgIpc) is 3.22. The van der Waals surface area contributed by atoms with Gasteiger partial charge in [-0.1, -0.05) is 6.07 Å². The fourth-order valence-electron chi connectivity index (χ4n) is 5.42. The van der Waals surface area contributed by atoms with Crippen LogP contribution in [0.3, 0.4) is 0 Å². The minimum Gasteiger partial charge on any atom is -0.492 e. The first-order valence-electron chi connectivity index (χ1n) is 12.7. The van der Waals surface area contributed by atoms with Crippen LogP contribution in [-0.2, 0) is 34.1 Å². The summed E-state index contributed by atoms with van der Waals surface area (Å²) in [4.78, 5) is 13.5. The number of nitrogens with zero attached hydrogens (tertiary/aromatic N) is 1. The number of hydrogen-bond acceptors (Lipinski definition) is 5. The van der Waals surface area contributed by atoms with Crippen LogP contribution in [0.5, 0.6) is 11.5 Å². The Morgan fingerprint density at radius 1 is 1.09 bits per heavy atom. The molecule has 188 valence electrons. The number of fused-ring (bicyclic) bond motifs is 2. The predicted octanol–water partition coefficient (Wildman–Crippen LogP) is 4.33. The molecule has 5 rings (SSSR count). The summed E-state index contributed by atoms with van der Waals surface area (Å²) in [7, 11) is -3.56. The van der Waals surface area contributed by atoms with Crippen molar-refractivity contribution in [3.63, 3.8) is 0 Å². The molecule has 2 aromatic carbocycles. The predicted molar refractivity (Wildman–Crippen MR) is 135 cm³/mol. The second kappa shape index (κ2) is 9.82. The number of anilines is 1. The molecule has 0 bridgehead atoms. The van der Waals surface area contributed by atoms with Crippen molar-refractivity contribution < 1.29 is 22.7 Å². The number of benzene rings is 2. The van der Waals surface area contributed by atoms with Crippen molar-refractivity contribution in [3.8, 4) is 11.5 Å². The molecule has 0 spiro atoms. The molecule has 2 aromatic rings. The van der Waals surface area contributed by atoms with Gasteiger partial charge in [0.15, 0.2) is 0 Å². The van der Waals surface area contributed by atoms with Crippen molar-refractivity contribution in [3.05, 3.63) is 47.0 Å². The molecule has 3 aliphatic rings. The molecule has 2 heterocycles. The summed E-state index contributed by atoms with van der Waals surface area (Å²) in [5.41, 5.74) is 4.11. The highest BCUT2D eigenvalue weighted by molar-refractivity contribution is 7.89. The topological polar surface area (TPSA) is 84.9 Å². The van der Waals surface area contributed by atoms with Gasteiger partial charge in [-0.25, -0.2) is 8.42 Å². The lowest BCUT2D eigenvalue weighted by atomic mass is 9.92. The highest BCUT2D eigenvalue weighted by Gasteiger charge is 2.33. The first-order valence-corrected chi connectivity index (χ1v) is 14.2. The molecule has 1 atom stereocenters. The lowest BCUT2D eigenvalue weighted by Crippen LogP contribution is -2.41. The summed E-state index contributed by atoms with van der Waals surface area (Å²) in [6.07, 6.45) is 6.13. The summed E-state index contributed by atoms with van der Waals surface area (Å²) in [5.74, 6) is 1.06. The number of ether oxygens (including phenoxy) is 2. The van der Waals surface area contributed by atoms with Crippen molar-refractivity contribution in [2.24, 2.45) is 5.92 Å². The Morgan fingerprint density at radius 3 is 2.57 bits per heavy atom. The highest BCUT2D eigenvalue weighted by atomic mass is 32.2. The third kappa shape index (κ3) is 4.91. The van der Waals surface area contributed by atoms with Crippen LogP contribution in [0.25, 0.3) is 0 Å². The SMILES string of the molecule is CCOc1cc2c(cc1NC(=O)C1CCN(S(=O)(=O)c3ccc4c(c3)CCCC4)CC1)O[C@@H](C)C2. The van der Waals surface area contributed by atoms with Crippen molar-refractivity contribution in [2.75, 3.05) is 25.0 Å². The molecule has 1 amide bonds. The van der Waals surface area contributed by atoms with Gasteiger partial charge in [0, 0.05) is 37.1 Å². The first kappa shape index (κ1) is 24.1. The van der Waals surface area contributed by atoms with Crippen molar-refractivity contribution in [1.29, 1.82) is 0 Å². The maximum atomic E-state index is 13.3. The van der Waals surface area contributed by atoms with Crippen LogP contribution in [0.4, 0.5) is 5.69 Å². The molecule has 0 saturated carbocycles. The molecule has 0 aromatic heterocycles. The van der Waals surface area contributed by atoms with Gasteiger partial charge in [-0.15, -0.1) is 0 Å². The zero-order valence-electron chi connectivity index (χ0n) is 20.5. The molecule has 1 saturated heterocycles. The molecule has 1 aliphatic carbocycles. The molecule has 35 heavy (non-hydrogen) atoms. The van der Waals surface area contributed by atoms with E-state index in [9.17, 15) is 13.2 Å². The minimum absolute atomic E-state index is 0.104. The fourth-order valence-corrected chi connectivity index (χ4v) is 6.95. The van der Waals surface area contributed by atoms with Gasteiger partial charge in [0.25, 0.3) is 0 Å². The largest absolute Gasteiger partial charge is 0.492 e. The van der Waals surface area contributed by atoms with Gasteiger partial charge >= 0.3 is 0 Å². The summed E-state index contributed by atoms with van der Waals surface area (Å²) in [6, 6.07) is 9.36. The van der Waals surface area contributed by atoms with Crippen molar-refractivity contribution >= 4 is 21.6 Å². The maximum Gasteiger partial charge on any atom is 0.243 e. The van der Waals surface area contributed by atoms with Crippen LogP contribution in [0.2, 0.25) is 0 Å². The number of hydrogen-bond donors (Lipinski definition) is 1. The normalized spacial score (nSPS) is 20.6. The summed E-state index contributed by atoms with van der Waals surface area (Å²) >= 11 is 0. The van der Waals surface area contributed by atoms with Crippen LogP contribution >= 0.6 is 0 Å². The molecule has 2 aliphatic heterocycles. The quantitative estimate of drug-likeness (QED) is 0.641. The summed E-state index contributed by atoms with van der Waals surface area (Å²) in [5, 5.41) is 3.02. The smallest absolute Gasteiger partial charge is 0.243 e. The van der Waals surface area contributed by atoms with E-state index in [-0.39, 0.29) is 17.9 Å². The number of sulfonamides is 1. The van der Waals surface area contributed by atoms with E-state index in [0.717, 1.165) is 42.6 Å². The third-order valence-electron chi connectivity index (χ3n) is 7.34. The van der Waals surface area contributed by atoms with E-state index in [1.165, 1.54) is 16.3 Å². The van der Waals surface area contributed by atoms with Gasteiger partial charge in [0.2, 0.25) is 15.9 Å². The number of carbonyl (C=O) groups is 1. The number of rotatable bonds is 6. The van der Waals surface area contributed by atoms with Crippen LogP contribution in [-0.4, -0.2) is 44.4 Å². The molecule has 7 nitrogen and oxygen atoms in total. The third-order valence-corrected chi connectivity index (χ3v) is 9.23. The minimum atomic E-state index is -3.56. The Labute approximate surface area is 207 Å². The van der Waals surface area contributed by atoms with Crippen molar-refractivity contribution in [1.82, 2.24) is 4.31 Å². The Bertz CT molecular complexity index is 1220. The number of piperidine rings is 1. The molecule has 1 fully saturated rings. The Morgan fingerprint density at radius 2 is 1.83 bits per heavy atom. The van der Waals surface area contributed by atoms with E-state index in [1.54, 1.807) is 6.07 Å². The van der Waals surface area contributed by atoms with E-state index >= 15 is 0 Å². The summed E-state index contributed by atoms with van der Waals surface area (Å²) in [6.45, 7) is 5.10. The number of carbonyl (C=O) groups excluding carboxylic acids is 1. The van der Waals surface area contributed by atoms with Gasteiger partial charge in [0.1, 0.15) is 17.6 Å². The lowest BCUT2D eigenvalue weighted by molar-refractivity contribution is -0.120. The van der Waals surface area contributed by atoms with Crippen LogP contribution in [0.15, 0.2) is 35.2 Å². The van der Waals surface area contributed by atoms with Crippen molar-refractivity contribution in [2.45, 2.75) is 69.8 Å². The lowest BCUT2D eigenvalue weighted by Gasteiger charge is -2.31. The Balaban J connectivity index is 1.24. The van der Waals surface area contributed by atoms with E-state index < -0.39 is 10.0 Å². The van der Waals surface area contributed by atoms with Gasteiger partial charge < -0.3 is 14.8 Å². The monoisotopic (exact) mass is 498 g/mol. The van der Waals surface area contributed by atoms with Gasteiger partial charge in [0.05, 0.1) is 17.2 Å². The van der Waals surface area contributed by atoms with Gasteiger partial charge in [-0.3, -0.25) is 4.79 Å². The summed E-state index contributed by atoms with van der Waals surface area (Å²) < 4.78 is 39.7. The molecule has 1 N–H and O–H groups in total. The number of aryl methyl sites for hydroxylation is 2. The Kier molecular flexibility index (Phi) is 6.77. The maximum absolute atomic E-state index is 13.3. The van der Waals surface area contributed by atoms with Gasteiger partial charge in [-0.05, 0) is 81.7 Å². The zero-order chi connectivity index (χ0) is 24.6. The Hall–Kier alpha value is -2.58. The zero-order valence-corrected chi connectivity index (χ0v) is 21.3.